The van der Waals surface area contributed by atoms with Crippen LogP contribution in [-0.4, -0.2) is 56.2 Å². The maximum atomic E-state index is 11.2. The quantitative estimate of drug-likeness (QED) is 0.680. The van der Waals surface area contributed by atoms with Crippen molar-refractivity contribution < 1.29 is 33.2 Å². The molecule has 5 atom stereocenters. The van der Waals surface area contributed by atoms with E-state index in [1.54, 1.807) is 0 Å². The van der Waals surface area contributed by atoms with Crippen molar-refractivity contribution in [1.82, 2.24) is 0 Å². The Morgan fingerprint density at radius 2 is 1.93 bits per heavy atom. The van der Waals surface area contributed by atoms with Gasteiger partial charge in [-0.25, -0.2) is 0 Å². The van der Waals surface area contributed by atoms with Crippen LogP contribution in [0.1, 0.15) is 26.3 Å². The van der Waals surface area contributed by atoms with E-state index in [1.165, 1.54) is 14.0 Å². The molecule has 7 nitrogen and oxygen atoms in total. The van der Waals surface area contributed by atoms with Gasteiger partial charge in [0.2, 0.25) is 0 Å². The third kappa shape index (κ3) is 4.80. The van der Waals surface area contributed by atoms with Crippen LogP contribution in [0.3, 0.4) is 0 Å². The number of hydrogen-bond acceptors (Lipinski definition) is 7. The molecule has 2 heterocycles. The lowest BCUT2D eigenvalue weighted by atomic mass is 9.99. The molecule has 1 aromatic carbocycles. The summed E-state index contributed by atoms with van der Waals surface area (Å²) < 4.78 is 34.7. The topological polar surface area (TPSA) is 72.5 Å². The first-order valence-corrected chi connectivity index (χ1v) is 9.21. The summed E-state index contributed by atoms with van der Waals surface area (Å²) in [6.07, 6.45) is -2.66. The summed E-state index contributed by atoms with van der Waals surface area (Å²) in [5.41, 5.74) is 0.853. The van der Waals surface area contributed by atoms with Crippen molar-refractivity contribution in [3.63, 3.8) is 0 Å². The molecule has 2 saturated heterocycles. The van der Waals surface area contributed by atoms with Crippen LogP contribution in [0.15, 0.2) is 24.3 Å². The molecule has 0 amide bonds. The lowest BCUT2D eigenvalue weighted by molar-refractivity contribution is -0.287. The van der Waals surface area contributed by atoms with Gasteiger partial charge in [0.25, 0.3) is 0 Å². The van der Waals surface area contributed by atoms with Gasteiger partial charge in [-0.2, -0.15) is 0 Å². The number of esters is 1. The highest BCUT2D eigenvalue weighted by Crippen LogP contribution is 2.39. The molecule has 8 heteroatoms. The summed E-state index contributed by atoms with van der Waals surface area (Å²) in [5.74, 6) is -1.21. The van der Waals surface area contributed by atoms with Gasteiger partial charge in [0.05, 0.1) is 6.61 Å². The number of carbonyl (C=O) groups is 1. The van der Waals surface area contributed by atoms with Crippen LogP contribution in [0, 0.1) is 0 Å². The molecule has 0 aromatic heterocycles. The average molecular weight is 401 g/mol. The Kier molecular flexibility index (Phi) is 6.40. The number of ether oxygens (including phenoxy) is 6. The number of hydrogen-bond donors (Lipinski definition) is 0. The van der Waals surface area contributed by atoms with Crippen LogP contribution in [0.5, 0.6) is 0 Å². The molecule has 0 aliphatic carbocycles. The van der Waals surface area contributed by atoms with E-state index in [0.717, 1.165) is 5.56 Å². The van der Waals surface area contributed by atoms with Crippen LogP contribution in [0.2, 0.25) is 5.02 Å². The smallest absolute Gasteiger partial charge is 0.302 e. The summed E-state index contributed by atoms with van der Waals surface area (Å²) in [7, 11) is 1.53. The number of benzene rings is 1. The van der Waals surface area contributed by atoms with Gasteiger partial charge < -0.3 is 28.4 Å². The molecular weight excluding hydrogens is 376 g/mol. The predicted octanol–water partition coefficient (Wildman–Crippen LogP) is 2.68. The van der Waals surface area contributed by atoms with Crippen molar-refractivity contribution in [3.8, 4) is 0 Å². The van der Waals surface area contributed by atoms with Crippen LogP contribution in [0.4, 0.5) is 0 Å². The van der Waals surface area contributed by atoms with Crippen molar-refractivity contribution in [1.29, 1.82) is 0 Å². The zero-order valence-electron chi connectivity index (χ0n) is 15.8. The lowest BCUT2D eigenvalue weighted by Crippen LogP contribution is -2.58. The maximum Gasteiger partial charge on any atom is 0.302 e. The molecular formula is C19H25ClO7. The minimum Gasteiger partial charge on any atom is -0.463 e. The molecule has 27 heavy (non-hydrogen) atoms. The van der Waals surface area contributed by atoms with Gasteiger partial charge in [0, 0.05) is 19.1 Å². The van der Waals surface area contributed by atoms with Crippen LogP contribution < -0.4 is 0 Å². The second kappa shape index (κ2) is 8.43. The molecule has 0 radical (unpaired) electrons. The van der Waals surface area contributed by atoms with Crippen molar-refractivity contribution >= 4 is 17.6 Å². The molecule has 2 fully saturated rings. The van der Waals surface area contributed by atoms with E-state index in [1.807, 2.05) is 38.1 Å². The Hall–Kier alpha value is -1.22. The van der Waals surface area contributed by atoms with E-state index < -0.39 is 36.5 Å². The first-order valence-electron chi connectivity index (χ1n) is 8.83. The molecule has 0 saturated carbocycles. The van der Waals surface area contributed by atoms with E-state index in [0.29, 0.717) is 5.02 Å². The van der Waals surface area contributed by atoms with Crippen molar-refractivity contribution in [2.45, 2.75) is 63.9 Å². The highest BCUT2D eigenvalue weighted by Gasteiger charge is 2.56. The highest BCUT2D eigenvalue weighted by molar-refractivity contribution is 6.31. The predicted molar refractivity (Wildman–Crippen MR) is 96.2 cm³/mol. The third-order valence-electron chi connectivity index (χ3n) is 4.50. The molecule has 1 aromatic rings. The van der Waals surface area contributed by atoms with Gasteiger partial charge in [0.1, 0.15) is 31.0 Å². The molecule has 0 bridgehead atoms. The molecule has 0 unspecified atom stereocenters. The van der Waals surface area contributed by atoms with Gasteiger partial charge in [-0.15, -0.1) is 0 Å². The standard InChI is InChI=1S/C19H25ClO7/c1-11(21)23-10-14-15-16(27-19(2,3)26-15)17(18(22-4)25-14)24-9-12-7-5-6-8-13(12)20/h5-8,14-18H,9-10H2,1-4H3/t14-,15+,16+,17-,18-/m1/s1. The fraction of sp³-hybridized carbons (Fsp3) is 0.632. The normalized spacial score (nSPS) is 32.1. The lowest BCUT2D eigenvalue weighted by Gasteiger charge is -2.41. The number of carbonyl (C=O) groups excluding carboxylic acids is 1. The van der Waals surface area contributed by atoms with E-state index in [4.69, 9.17) is 40.0 Å². The molecule has 3 rings (SSSR count). The van der Waals surface area contributed by atoms with Gasteiger partial charge in [-0.1, -0.05) is 29.8 Å². The van der Waals surface area contributed by atoms with Gasteiger partial charge in [0.15, 0.2) is 12.1 Å². The first-order chi connectivity index (χ1) is 12.8. The Balaban J connectivity index is 1.76. The Morgan fingerprint density at radius 3 is 2.59 bits per heavy atom. The van der Waals surface area contributed by atoms with Crippen LogP contribution in [0.25, 0.3) is 0 Å². The Labute approximate surface area is 163 Å². The molecule has 2 aliphatic rings. The van der Waals surface area contributed by atoms with E-state index in [2.05, 4.69) is 0 Å². The maximum absolute atomic E-state index is 11.2. The van der Waals surface area contributed by atoms with Crippen molar-refractivity contribution in [2.24, 2.45) is 0 Å². The molecule has 150 valence electrons. The second-order valence-electron chi connectivity index (χ2n) is 7.01. The van der Waals surface area contributed by atoms with Crippen molar-refractivity contribution in [3.05, 3.63) is 34.9 Å². The number of fused-ring (bicyclic) bond motifs is 1. The van der Waals surface area contributed by atoms with Gasteiger partial charge >= 0.3 is 5.97 Å². The highest BCUT2D eigenvalue weighted by atomic mass is 35.5. The summed E-state index contributed by atoms with van der Waals surface area (Å²) >= 11 is 6.22. The van der Waals surface area contributed by atoms with E-state index in [-0.39, 0.29) is 19.2 Å². The Morgan fingerprint density at radius 1 is 1.22 bits per heavy atom. The SMILES string of the molecule is CO[C@@H]1O[C@H](COC(C)=O)[C@@H]2OC(C)(C)O[C@@H]2[C@H]1OCc1ccccc1Cl. The average Bonchev–Trinajstić information content (AvgIpc) is 2.94. The third-order valence-corrected chi connectivity index (χ3v) is 4.87. The minimum atomic E-state index is -0.818. The fourth-order valence-electron chi connectivity index (χ4n) is 3.34. The minimum absolute atomic E-state index is 0.0486. The molecule has 0 N–H and O–H groups in total. The van der Waals surface area contributed by atoms with Crippen molar-refractivity contribution in [2.75, 3.05) is 13.7 Å². The van der Waals surface area contributed by atoms with Gasteiger partial charge in [-0.3, -0.25) is 4.79 Å². The molecule has 2 aliphatic heterocycles. The monoisotopic (exact) mass is 400 g/mol. The van der Waals surface area contributed by atoms with Crippen LogP contribution >= 0.6 is 11.6 Å². The second-order valence-corrected chi connectivity index (χ2v) is 7.42. The summed E-state index contributed by atoms with van der Waals surface area (Å²) in [4.78, 5) is 11.2. The first kappa shape index (κ1) is 20.5. The number of rotatable bonds is 6. The number of halogens is 1. The zero-order chi connectivity index (χ0) is 19.6. The van der Waals surface area contributed by atoms with Crippen LogP contribution in [-0.2, 0) is 39.8 Å². The Bertz CT molecular complexity index is 665. The summed E-state index contributed by atoms with van der Waals surface area (Å²) in [5, 5.41) is 0.622. The summed E-state index contributed by atoms with van der Waals surface area (Å²) in [6.45, 7) is 5.31. The fourth-order valence-corrected chi connectivity index (χ4v) is 3.53. The van der Waals surface area contributed by atoms with E-state index >= 15 is 0 Å². The largest absolute Gasteiger partial charge is 0.463 e. The number of methoxy groups -OCH3 is 1. The summed E-state index contributed by atoms with van der Waals surface area (Å²) in [6, 6.07) is 7.46. The van der Waals surface area contributed by atoms with Gasteiger partial charge in [-0.05, 0) is 25.5 Å². The molecule has 0 spiro atoms. The van der Waals surface area contributed by atoms with E-state index in [9.17, 15) is 4.79 Å². The zero-order valence-corrected chi connectivity index (χ0v) is 16.6.